The van der Waals surface area contributed by atoms with Crippen molar-refractivity contribution in [3.8, 4) is 11.5 Å². The number of methoxy groups -OCH3 is 2. The van der Waals surface area contributed by atoms with Gasteiger partial charge in [0.2, 0.25) is 0 Å². The Morgan fingerprint density at radius 3 is 2.45 bits per heavy atom. The van der Waals surface area contributed by atoms with E-state index in [0.29, 0.717) is 17.1 Å². The number of aliphatic hydroxyl groups excluding tert-OH is 1. The fourth-order valence-corrected chi connectivity index (χ4v) is 4.92. The average Bonchev–Trinajstić information content (AvgIpc) is 3.33. The molecule has 0 radical (unpaired) electrons. The quantitative estimate of drug-likeness (QED) is 0.807. The topological polar surface area (TPSA) is 71.5 Å². The van der Waals surface area contributed by atoms with Gasteiger partial charge in [0.1, 0.15) is 11.5 Å². The Labute approximate surface area is 172 Å². The fourth-order valence-electron chi connectivity index (χ4n) is 4.92. The van der Waals surface area contributed by atoms with Gasteiger partial charge in [-0.3, -0.25) is 9.69 Å². The molecule has 1 N–H and O–H groups in total. The summed E-state index contributed by atoms with van der Waals surface area (Å²) >= 11 is 0. The van der Waals surface area contributed by atoms with E-state index >= 15 is 0 Å². The summed E-state index contributed by atoms with van der Waals surface area (Å²) in [6, 6.07) is 5.32. The van der Waals surface area contributed by atoms with Crippen molar-refractivity contribution in [2.45, 2.75) is 37.9 Å². The first-order valence-corrected chi connectivity index (χ1v) is 10.5. The molecule has 0 unspecified atom stereocenters. The van der Waals surface area contributed by atoms with Crippen molar-refractivity contribution in [3.63, 3.8) is 0 Å². The molecule has 2 atom stereocenters. The molecule has 3 aliphatic rings. The van der Waals surface area contributed by atoms with Crippen LogP contribution in [0.15, 0.2) is 18.2 Å². The highest BCUT2D eigenvalue weighted by Gasteiger charge is 2.43. The zero-order chi connectivity index (χ0) is 20.4. The number of piperidine rings is 1. The van der Waals surface area contributed by atoms with Crippen LogP contribution in [0.25, 0.3) is 0 Å². The summed E-state index contributed by atoms with van der Waals surface area (Å²) in [4.78, 5) is 17.3. The van der Waals surface area contributed by atoms with Crippen LogP contribution in [0.5, 0.6) is 11.5 Å². The van der Waals surface area contributed by atoms with Crippen LogP contribution >= 0.6 is 0 Å². The molecule has 0 saturated carbocycles. The molecule has 1 spiro atoms. The van der Waals surface area contributed by atoms with E-state index in [-0.39, 0.29) is 23.5 Å². The SMILES string of the molecule is COc1cc(OC)cc(C(=O)N2CCC3(CC2)CO[C@@H](CN2CC[C@@H](O)C2)C3)c1. The van der Waals surface area contributed by atoms with Gasteiger partial charge in [0.05, 0.1) is 33.0 Å². The van der Waals surface area contributed by atoms with E-state index < -0.39 is 0 Å². The van der Waals surface area contributed by atoms with Crippen LogP contribution in [-0.2, 0) is 4.74 Å². The van der Waals surface area contributed by atoms with Gasteiger partial charge >= 0.3 is 0 Å². The molecule has 1 aromatic carbocycles. The van der Waals surface area contributed by atoms with Gasteiger partial charge in [-0.15, -0.1) is 0 Å². The third kappa shape index (κ3) is 4.52. The zero-order valence-electron chi connectivity index (χ0n) is 17.4. The van der Waals surface area contributed by atoms with Crippen LogP contribution in [0, 0.1) is 5.41 Å². The molecule has 3 heterocycles. The first-order valence-electron chi connectivity index (χ1n) is 10.5. The highest BCUT2D eigenvalue weighted by molar-refractivity contribution is 5.95. The summed E-state index contributed by atoms with van der Waals surface area (Å²) in [5, 5.41) is 9.72. The lowest BCUT2D eigenvalue weighted by atomic mass is 9.76. The van der Waals surface area contributed by atoms with Crippen molar-refractivity contribution in [2.24, 2.45) is 5.41 Å². The van der Waals surface area contributed by atoms with E-state index in [1.54, 1.807) is 32.4 Å². The minimum atomic E-state index is -0.185. The molecule has 1 amide bonds. The third-order valence-corrected chi connectivity index (χ3v) is 6.70. The molecule has 0 bridgehead atoms. The van der Waals surface area contributed by atoms with Gasteiger partial charge < -0.3 is 24.2 Å². The molecule has 3 saturated heterocycles. The maximum Gasteiger partial charge on any atom is 0.254 e. The van der Waals surface area contributed by atoms with Crippen LogP contribution in [0.3, 0.4) is 0 Å². The van der Waals surface area contributed by atoms with Crippen molar-refractivity contribution in [1.82, 2.24) is 9.80 Å². The Kier molecular flexibility index (Phi) is 5.99. The first-order chi connectivity index (χ1) is 14.0. The van der Waals surface area contributed by atoms with Crippen LogP contribution in [0.1, 0.15) is 36.0 Å². The lowest BCUT2D eigenvalue weighted by Gasteiger charge is -2.38. The van der Waals surface area contributed by atoms with Gasteiger partial charge in [0.25, 0.3) is 5.91 Å². The van der Waals surface area contributed by atoms with Gasteiger partial charge in [-0.05, 0) is 43.2 Å². The fraction of sp³-hybridized carbons (Fsp3) is 0.682. The van der Waals surface area contributed by atoms with Crippen LogP contribution < -0.4 is 9.47 Å². The summed E-state index contributed by atoms with van der Waals surface area (Å²) in [6.45, 7) is 4.90. The van der Waals surface area contributed by atoms with E-state index in [4.69, 9.17) is 14.2 Å². The predicted octanol–water partition coefficient (Wildman–Crippen LogP) is 1.78. The van der Waals surface area contributed by atoms with E-state index in [1.807, 2.05) is 4.90 Å². The normalized spacial score (nSPS) is 26.8. The van der Waals surface area contributed by atoms with Crippen molar-refractivity contribution in [3.05, 3.63) is 23.8 Å². The van der Waals surface area contributed by atoms with E-state index in [0.717, 1.165) is 65.0 Å². The molecule has 7 heteroatoms. The van der Waals surface area contributed by atoms with Crippen molar-refractivity contribution < 1.29 is 24.1 Å². The third-order valence-electron chi connectivity index (χ3n) is 6.70. The zero-order valence-corrected chi connectivity index (χ0v) is 17.4. The molecule has 1 aromatic rings. The number of ether oxygens (including phenoxy) is 3. The molecular weight excluding hydrogens is 372 g/mol. The summed E-state index contributed by atoms with van der Waals surface area (Å²) in [5.74, 6) is 1.28. The van der Waals surface area contributed by atoms with Gasteiger partial charge in [0.15, 0.2) is 0 Å². The second-order valence-electron chi connectivity index (χ2n) is 8.73. The number of aliphatic hydroxyl groups is 1. The summed E-state index contributed by atoms with van der Waals surface area (Å²) < 4.78 is 16.7. The lowest BCUT2D eigenvalue weighted by Crippen LogP contribution is -2.43. The van der Waals surface area contributed by atoms with Crippen LogP contribution in [0.4, 0.5) is 0 Å². The Hall–Kier alpha value is -1.83. The monoisotopic (exact) mass is 404 g/mol. The number of rotatable bonds is 5. The second kappa shape index (κ2) is 8.50. The Morgan fingerprint density at radius 2 is 1.86 bits per heavy atom. The number of carbonyl (C=O) groups excluding carboxylic acids is 1. The number of hydrogen-bond donors (Lipinski definition) is 1. The molecule has 29 heavy (non-hydrogen) atoms. The summed E-state index contributed by atoms with van der Waals surface area (Å²) in [7, 11) is 3.18. The van der Waals surface area contributed by atoms with E-state index in [9.17, 15) is 9.90 Å². The smallest absolute Gasteiger partial charge is 0.254 e. The molecule has 7 nitrogen and oxygen atoms in total. The molecule has 3 fully saturated rings. The maximum atomic E-state index is 13.0. The standard InChI is InChI=1S/C22H32N2O5/c1-27-18-9-16(10-19(11-18)28-2)21(26)24-7-4-22(5-8-24)12-20(29-15-22)14-23-6-3-17(25)13-23/h9-11,17,20,25H,3-8,12-15H2,1-2H3/t17-,20-/m1/s1. The van der Waals surface area contributed by atoms with Crippen molar-refractivity contribution in [1.29, 1.82) is 0 Å². The number of carbonyl (C=O) groups is 1. The lowest BCUT2D eigenvalue weighted by molar-refractivity contribution is 0.0451. The highest BCUT2D eigenvalue weighted by Crippen LogP contribution is 2.42. The Bertz CT molecular complexity index is 710. The van der Waals surface area contributed by atoms with Gasteiger partial charge in [-0.1, -0.05) is 0 Å². The number of hydrogen-bond acceptors (Lipinski definition) is 6. The molecule has 4 rings (SSSR count). The molecular formula is C22H32N2O5. The van der Waals surface area contributed by atoms with Crippen LogP contribution in [-0.4, -0.2) is 86.6 Å². The minimum absolute atomic E-state index is 0.0265. The minimum Gasteiger partial charge on any atom is -0.497 e. The number of benzene rings is 1. The van der Waals surface area contributed by atoms with Crippen molar-refractivity contribution >= 4 is 5.91 Å². The molecule has 0 aliphatic carbocycles. The molecule has 0 aromatic heterocycles. The molecule has 3 aliphatic heterocycles. The summed E-state index contributed by atoms with van der Waals surface area (Å²) in [5.41, 5.74) is 0.788. The van der Waals surface area contributed by atoms with Crippen LogP contribution in [0.2, 0.25) is 0 Å². The maximum absolute atomic E-state index is 13.0. The Balaban J connectivity index is 1.33. The average molecular weight is 405 g/mol. The first kappa shape index (κ1) is 20.4. The number of β-amino-alcohol motifs (C(OH)–C–C–N with tert-alkyl or cyclic N) is 1. The van der Waals surface area contributed by atoms with Crippen molar-refractivity contribution in [2.75, 3.05) is 53.6 Å². The van der Waals surface area contributed by atoms with Gasteiger partial charge in [-0.2, -0.15) is 0 Å². The van der Waals surface area contributed by atoms with Gasteiger partial charge in [0, 0.05) is 44.4 Å². The second-order valence-corrected chi connectivity index (χ2v) is 8.73. The van der Waals surface area contributed by atoms with E-state index in [2.05, 4.69) is 4.90 Å². The van der Waals surface area contributed by atoms with E-state index in [1.165, 1.54) is 0 Å². The predicted molar refractivity (Wildman–Crippen MR) is 109 cm³/mol. The number of likely N-dealkylation sites (tertiary alicyclic amines) is 2. The Morgan fingerprint density at radius 1 is 1.17 bits per heavy atom. The van der Waals surface area contributed by atoms with Gasteiger partial charge in [-0.25, -0.2) is 0 Å². The molecule has 160 valence electrons. The largest absolute Gasteiger partial charge is 0.497 e. The number of nitrogens with zero attached hydrogens (tertiary/aromatic N) is 2. The highest BCUT2D eigenvalue weighted by atomic mass is 16.5. The number of amides is 1. The summed E-state index contributed by atoms with van der Waals surface area (Å²) in [6.07, 6.45) is 3.91.